The van der Waals surface area contributed by atoms with Gasteiger partial charge in [0.05, 0.1) is 24.4 Å². The first-order chi connectivity index (χ1) is 17.2. The highest BCUT2D eigenvalue weighted by Crippen LogP contribution is 2.89. The lowest BCUT2D eigenvalue weighted by Crippen LogP contribution is -2.59. The number of rotatable bonds is 3. The van der Waals surface area contributed by atoms with Crippen LogP contribution in [0.1, 0.15) is 99.8 Å². The fourth-order valence-corrected chi connectivity index (χ4v) is 12.3. The molecule has 0 bridgehead atoms. The van der Waals surface area contributed by atoms with E-state index in [1.807, 2.05) is 13.8 Å². The summed E-state index contributed by atoms with van der Waals surface area (Å²) >= 11 is 0. The Morgan fingerprint density at radius 3 is 2.30 bits per heavy atom. The topological polar surface area (TPSA) is 102 Å². The van der Waals surface area contributed by atoms with Crippen LogP contribution in [0, 0.1) is 56.7 Å². The van der Waals surface area contributed by atoms with Crippen LogP contribution >= 0.6 is 0 Å². The van der Waals surface area contributed by atoms with Crippen molar-refractivity contribution >= 4 is 6.09 Å². The third-order valence-corrected chi connectivity index (χ3v) is 14.1. The third kappa shape index (κ3) is 3.02. The van der Waals surface area contributed by atoms with Crippen LogP contribution < -0.4 is 5.73 Å². The summed E-state index contributed by atoms with van der Waals surface area (Å²) in [6.45, 7) is 15.9. The molecule has 6 heteroatoms. The molecule has 37 heavy (non-hydrogen) atoms. The maximum atomic E-state index is 12.3. The monoisotopic (exact) mass is 517 g/mol. The normalized spacial score (nSPS) is 56.3. The van der Waals surface area contributed by atoms with Crippen molar-refractivity contribution in [2.75, 3.05) is 0 Å². The van der Waals surface area contributed by atoms with Crippen LogP contribution in [0.2, 0.25) is 0 Å². The summed E-state index contributed by atoms with van der Waals surface area (Å²) < 4.78 is 12.4. The number of carbonyl (C=O) groups excluding carboxylic acids is 1. The van der Waals surface area contributed by atoms with Gasteiger partial charge in [-0.05, 0) is 103 Å². The molecule has 2 spiro atoms. The molecule has 0 aromatic rings. The van der Waals surface area contributed by atoms with Gasteiger partial charge in [0.15, 0.2) is 0 Å². The Morgan fingerprint density at radius 2 is 1.65 bits per heavy atom. The van der Waals surface area contributed by atoms with E-state index >= 15 is 0 Å². The van der Waals surface area contributed by atoms with Crippen molar-refractivity contribution in [2.45, 2.75) is 130 Å². The Morgan fingerprint density at radius 1 is 1.00 bits per heavy atom. The molecule has 0 aromatic heterocycles. The number of aliphatic hydroxyl groups excluding tert-OH is 2. The molecule has 210 valence electrons. The molecule has 5 saturated carbocycles. The summed E-state index contributed by atoms with van der Waals surface area (Å²) in [6.07, 6.45) is 6.46. The van der Waals surface area contributed by atoms with E-state index in [9.17, 15) is 15.0 Å². The minimum atomic E-state index is -0.755. The lowest BCUT2D eigenvalue weighted by Gasteiger charge is -2.63. The van der Waals surface area contributed by atoms with E-state index in [1.54, 1.807) is 0 Å². The highest BCUT2D eigenvalue weighted by Gasteiger charge is 2.84. The van der Waals surface area contributed by atoms with Crippen molar-refractivity contribution in [3.63, 3.8) is 0 Å². The summed E-state index contributed by atoms with van der Waals surface area (Å²) in [7, 11) is 0. The Bertz CT molecular complexity index is 967. The minimum Gasteiger partial charge on any atom is -0.443 e. The molecule has 0 radical (unpaired) electrons. The number of hydrogen-bond donors (Lipinski definition) is 3. The van der Waals surface area contributed by atoms with Crippen LogP contribution in [0.4, 0.5) is 4.79 Å². The fraction of sp³-hybridized carbons (Fsp3) is 0.968. The first kappa shape index (κ1) is 26.4. The predicted molar refractivity (Wildman–Crippen MR) is 141 cm³/mol. The van der Waals surface area contributed by atoms with Crippen LogP contribution in [0.5, 0.6) is 0 Å². The van der Waals surface area contributed by atoms with E-state index < -0.39 is 18.3 Å². The van der Waals surface area contributed by atoms with Gasteiger partial charge < -0.3 is 25.4 Å². The average molecular weight is 518 g/mol. The zero-order valence-corrected chi connectivity index (χ0v) is 24.1. The van der Waals surface area contributed by atoms with E-state index in [-0.39, 0.29) is 40.5 Å². The lowest BCUT2D eigenvalue weighted by atomic mass is 9.41. The maximum Gasteiger partial charge on any atom is 0.404 e. The van der Waals surface area contributed by atoms with Crippen LogP contribution in [0.25, 0.3) is 0 Å². The van der Waals surface area contributed by atoms with Gasteiger partial charge in [-0.2, -0.15) is 0 Å². The molecule has 13 atom stereocenters. The Kier molecular flexibility index (Phi) is 5.61. The van der Waals surface area contributed by atoms with Crippen molar-refractivity contribution in [3.05, 3.63) is 0 Å². The molecule has 1 heterocycles. The zero-order valence-electron chi connectivity index (χ0n) is 24.1. The molecule has 5 unspecified atom stereocenters. The van der Waals surface area contributed by atoms with Crippen molar-refractivity contribution in [3.8, 4) is 0 Å². The number of ether oxygens (including phenoxy) is 2. The molecular weight excluding hydrogens is 466 g/mol. The van der Waals surface area contributed by atoms with E-state index in [4.69, 9.17) is 15.2 Å². The smallest absolute Gasteiger partial charge is 0.404 e. The summed E-state index contributed by atoms with van der Waals surface area (Å²) in [4.78, 5) is 11.7. The molecule has 4 N–H and O–H groups in total. The molecule has 6 aliphatic rings. The van der Waals surface area contributed by atoms with Crippen LogP contribution in [-0.2, 0) is 9.47 Å². The van der Waals surface area contributed by atoms with Crippen LogP contribution in [0.3, 0.4) is 0 Å². The molecule has 1 amide bonds. The summed E-state index contributed by atoms with van der Waals surface area (Å²) in [5, 5.41) is 23.2. The highest BCUT2D eigenvalue weighted by molar-refractivity contribution is 5.64. The number of carbonyl (C=O) groups is 1. The number of fused-ring (bicyclic) bond motifs is 4. The Hall–Kier alpha value is -0.850. The second-order valence-electron chi connectivity index (χ2n) is 15.7. The highest BCUT2D eigenvalue weighted by atomic mass is 16.6. The fourth-order valence-electron chi connectivity index (χ4n) is 12.3. The van der Waals surface area contributed by atoms with Gasteiger partial charge in [-0.1, -0.05) is 48.5 Å². The Balaban J connectivity index is 1.34. The number of primary amides is 1. The van der Waals surface area contributed by atoms with Crippen molar-refractivity contribution < 1.29 is 24.5 Å². The van der Waals surface area contributed by atoms with Crippen molar-refractivity contribution in [1.29, 1.82) is 0 Å². The second kappa shape index (κ2) is 7.87. The SMILES string of the molecule is CC(C)[C@@H](OC(N)=O)C1C[C@@H](C)[C@H]2C(O1)[C@H](O)[C@@]1(C)C3CCC4C(C)(C)[C@@H](O)CC[C@@]45CC35CC[C@]21C. The zero-order chi connectivity index (χ0) is 26.9. The minimum absolute atomic E-state index is 0.00950. The van der Waals surface area contributed by atoms with Crippen LogP contribution in [-0.4, -0.2) is 46.8 Å². The number of hydrogen-bond acceptors (Lipinski definition) is 5. The summed E-state index contributed by atoms with van der Waals surface area (Å²) in [5.74, 6) is 1.80. The maximum absolute atomic E-state index is 12.3. The van der Waals surface area contributed by atoms with Gasteiger partial charge in [0.2, 0.25) is 0 Å². The van der Waals surface area contributed by atoms with E-state index in [0.29, 0.717) is 34.5 Å². The molecule has 6 rings (SSSR count). The average Bonchev–Trinajstić information content (AvgIpc) is 3.45. The van der Waals surface area contributed by atoms with Crippen LogP contribution in [0.15, 0.2) is 0 Å². The molecule has 1 saturated heterocycles. The number of aliphatic hydroxyl groups is 2. The van der Waals surface area contributed by atoms with Gasteiger partial charge in [-0.15, -0.1) is 0 Å². The lowest BCUT2D eigenvalue weighted by molar-refractivity contribution is -0.184. The van der Waals surface area contributed by atoms with E-state index in [0.717, 1.165) is 38.5 Å². The molecule has 5 aliphatic carbocycles. The first-order valence-corrected chi connectivity index (χ1v) is 15.1. The van der Waals surface area contributed by atoms with Gasteiger partial charge in [-0.3, -0.25) is 0 Å². The number of amides is 1. The summed E-state index contributed by atoms with van der Waals surface area (Å²) in [6, 6.07) is 0. The van der Waals surface area contributed by atoms with E-state index in [1.165, 1.54) is 12.8 Å². The second-order valence-corrected chi connectivity index (χ2v) is 15.7. The quantitative estimate of drug-likeness (QED) is 0.473. The largest absolute Gasteiger partial charge is 0.443 e. The molecule has 1 aliphatic heterocycles. The molecule has 0 aromatic carbocycles. The van der Waals surface area contributed by atoms with Gasteiger partial charge in [-0.25, -0.2) is 4.79 Å². The van der Waals surface area contributed by atoms with E-state index in [2.05, 4.69) is 34.6 Å². The van der Waals surface area contributed by atoms with Gasteiger partial charge in [0.1, 0.15) is 6.10 Å². The first-order valence-electron chi connectivity index (χ1n) is 15.1. The van der Waals surface area contributed by atoms with Gasteiger partial charge in [0, 0.05) is 5.41 Å². The third-order valence-electron chi connectivity index (χ3n) is 14.1. The predicted octanol–water partition coefficient (Wildman–Crippen LogP) is 5.28. The molecule has 6 fully saturated rings. The van der Waals surface area contributed by atoms with Crippen molar-refractivity contribution in [2.24, 2.45) is 62.4 Å². The van der Waals surface area contributed by atoms with Gasteiger partial charge in [0.25, 0.3) is 0 Å². The number of nitrogens with two attached hydrogens (primary N) is 1. The molecule has 6 nitrogen and oxygen atoms in total. The standard InChI is InChI=1S/C31H51NO5/c1-16(2)23(37-26(32)35)18-14-17(3)22-24(36-18)25(34)29(7)20-9-8-19-27(4,5)21(33)10-11-30(19)15-31(20,30)13-12-28(22,29)6/h16-25,33-34H,8-15H2,1-7H3,(H2,32,35)/t17-,18?,19?,20?,21+,22+,23-,24?,25+,28-,29-,30-,31?/m1/s1. The Labute approximate surface area is 223 Å². The summed E-state index contributed by atoms with van der Waals surface area (Å²) in [5.41, 5.74) is 5.84. The molecular formula is C31H51NO5. The van der Waals surface area contributed by atoms with Gasteiger partial charge >= 0.3 is 6.09 Å². The van der Waals surface area contributed by atoms with Crippen molar-refractivity contribution in [1.82, 2.24) is 0 Å².